The van der Waals surface area contributed by atoms with E-state index in [0.717, 1.165) is 31.4 Å². The molecular weight excluding hydrogens is 710 g/mol. The minimum absolute atomic E-state index is 0. The Labute approximate surface area is 216 Å². The van der Waals surface area contributed by atoms with Crippen LogP contribution in [0.1, 0.15) is 60.8 Å². The van der Waals surface area contributed by atoms with Gasteiger partial charge in [-0.3, -0.25) is 0 Å². The van der Waals surface area contributed by atoms with Gasteiger partial charge in [0, 0.05) is 25.8 Å². The molecule has 0 aromatic heterocycles. The Morgan fingerprint density at radius 2 is 0.794 bits per heavy atom. The summed E-state index contributed by atoms with van der Waals surface area (Å²) in [6.45, 7) is 11.2. The first-order valence-electron chi connectivity index (χ1n) is 10.1. The summed E-state index contributed by atoms with van der Waals surface area (Å²) >= 11 is -8.38. The number of hydrogen-bond donors (Lipinski definition) is 3. The molecule has 0 aliphatic carbocycles. The molecule has 34 heavy (non-hydrogen) atoms. The van der Waals surface area contributed by atoms with E-state index in [0.29, 0.717) is 0 Å². The Morgan fingerprint density at radius 3 is 0.912 bits per heavy atom. The second kappa shape index (κ2) is 18.3. The van der Waals surface area contributed by atoms with Crippen LogP contribution in [-0.4, -0.2) is 61.9 Å². The van der Waals surface area contributed by atoms with E-state index >= 15 is 0 Å². The summed E-state index contributed by atoms with van der Waals surface area (Å²) in [6.07, 6.45) is 2.24. The van der Waals surface area contributed by atoms with Crippen LogP contribution < -0.4 is 4.40 Å². The molecule has 0 fully saturated rings. The molecule has 0 aliphatic rings. The Balaban J connectivity index is -0.000000231. The number of rotatable bonds is 4. The third-order valence-corrected chi connectivity index (χ3v) is 12.0. The molecular formula is C20H34F9GeHfO3-. The van der Waals surface area contributed by atoms with Gasteiger partial charge in [-0.25, -0.2) is 0 Å². The molecule has 14 heteroatoms. The fraction of sp³-hybridized carbons (Fsp3) is 0.750. The Bertz CT molecular complexity index is 531. The van der Waals surface area contributed by atoms with E-state index in [9.17, 15) is 39.5 Å². The predicted octanol–water partition coefficient (Wildman–Crippen LogP) is 5.69. The van der Waals surface area contributed by atoms with Crippen LogP contribution in [0.5, 0.6) is 0 Å². The number of alkyl halides is 9. The minimum Gasteiger partial charge on any atom is 0 e. The van der Waals surface area contributed by atoms with Crippen molar-refractivity contribution in [3.05, 3.63) is 24.3 Å². The second-order valence-corrected chi connectivity index (χ2v) is 15.1. The predicted molar refractivity (Wildman–Crippen MR) is 112 cm³/mol. The first-order valence-corrected chi connectivity index (χ1v) is 14.3. The first kappa shape index (κ1) is 41.2. The van der Waals surface area contributed by atoms with Gasteiger partial charge in [-0.2, -0.15) is 0 Å². The molecule has 204 valence electrons. The largest absolute Gasteiger partial charge is 0 e. The minimum atomic E-state index is -8.38. The van der Waals surface area contributed by atoms with E-state index in [-0.39, 0.29) is 56.3 Å². The van der Waals surface area contributed by atoms with Gasteiger partial charge in [-0.1, -0.05) is 20.8 Å². The summed E-state index contributed by atoms with van der Waals surface area (Å²) in [5, 5.41) is 6.01. The van der Waals surface area contributed by atoms with E-state index in [4.69, 9.17) is 15.3 Å². The van der Waals surface area contributed by atoms with Gasteiger partial charge < -0.3 is 15.3 Å². The zero-order valence-electron chi connectivity index (χ0n) is 19.9. The van der Waals surface area contributed by atoms with Crippen LogP contribution in [0.25, 0.3) is 0 Å². The van der Waals surface area contributed by atoms with Gasteiger partial charge in [0.1, 0.15) is 0 Å². The molecule has 3 nitrogen and oxygen atoms in total. The number of hydrogen-bond acceptors (Lipinski definition) is 3. The second-order valence-electron chi connectivity index (χ2n) is 7.19. The van der Waals surface area contributed by atoms with Gasteiger partial charge in [0.15, 0.2) is 0 Å². The molecule has 0 heterocycles. The molecule has 0 saturated carbocycles. The number of halogens is 9. The SMILES string of the molecule is CCC(C)O.CCC(C)O.CCC(C)O.F[C](F)(F)[Ge]([c-]1cccc1)([C](F)(F)F)[C](F)(F)F.[Hf]. The van der Waals surface area contributed by atoms with Crippen LogP contribution in [0.2, 0.25) is 0 Å². The zero-order valence-corrected chi connectivity index (χ0v) is 25.6. The van der Waals surface area contributed by atoms with E-state index in [1.54, 1.807) is 20.8 Å². The van der Waals surface area contributed by atoms with Crippen LogP contribution in [-0.2, 0) is 25.8 Å². The van der Waals surface area contributed by atoms with Gasteiger partial charge in [0.2, 0.25) is 0 Å². The molecule has 0 saturated heterocycles. The normalized spacial score (nSPS) is 14.5. The van der Waals surface area contributed by atoms with E-state index in [2.05, 4.69) is 0 Å². The van der Waals surface area contributed by atoms with Crippen LogP contribution in [0.3, 0.4) is 0 Å². The topological polar surface area (TPSA) is 60.7 Å². The van der Waals surface area contributed by atoms with Gasteiger partial charge in [-0.05, 0) is 40.0 Å². The maximum Gasteiger partial charge on any atom is 0 e. The smallest absolute Gasteiger partial charge is 0 e. The quantitative estimate of drug-likeness (QED) is 0.211. The van der Waals surface area contributed by atoms with Crippen molar-refractivity contribution in [1.82, 2.24) is 0 Å². The molecule has 1 aromatic carbocycles. The van der Waals surface area contributed by atoms with Crippen LogP contribution in [0.15, 0.2) is 24.3 Å². The van der Waals surface area contributed by atoms with Crippen molar-refractivity contribution in [3.8, 4) is 0 Å². The van der Waals surface area contributed by atoms with Crippen LogP contribution in [0, 0.1) is 0 Å². The van der Waals surface area contributed by atoms with Crippen LogP contribution >= 0.6 is 0 Å². The monoisotopic (exact) mass is 747 g/mol. The molecule has 0 amide bonds. The summed E-state index contributed by atoms with van der Waals surface area (Å²) in [5.41, 5.74) is 0. The molecule has 1 aromatic rings. The third kappa shape index (κ3) is 14.5. The Kier molecular flexibility index (Phi) is 22.1. The average Bonchev–Trinajstić information content (AvgIpc) is 3.13. The molecule has 1 rings (SSSR count). The molecule has 0 spiro atoms. The number of aliphatic hydroxyl groups is 3. The van der Waals surface area contributed by atoms with Crippen molar-refractivity contribution in [3.63, 3.8) is 0 Å². The molecule has 0 bridgehead atoms. The van der Waals surface area contributed by atoms with Gasteiger partial charge in [0.25, 0.3) is 0 Å². The maximum absolute atomic E-state index is 12.6. The Hall–Kier alpha value is 0.0130. The van der Waals surface area contributed by atoms with Crippen molar-refractivity contribution in [2.45, 2.75) is 94.1 Å². The van der Waals surface area contributed by atoms with E-state index in [1.165, 1.54) is 0 Å². The summed E-state index contributed by atoms with van der Waals surface area (Å²) in [4.78, 5) is 0. The fourth-order valence-corrected chi connectivity index (χ4v) is 7.13. The van der Waals surface area contributed by atoms with Gasteiger partial charge >= 0.3 is 96.5 Å². The van der Waals surface area contributed by atoms with Crippen molar-refractivity contribution in [2.75, 3.05) is 0 Å². The first-order chi connectivity index (χ1) is 14.7. The third-order valence-electron chi connectivity index (χ3n) is 4.14. The molecule has 0 aliphatic heterocycles. The summed E-state index contributed by atoms with van der Waals surface area (Å²) in [7, 11) is 0. The molecule has 0 radical (unpaired) electrons. The molecule has 3 N–H and O–H groups in total. The zero-order chi connectivity index (χ0) is 27.3. The average molecular weight is 745 g/mol. The summed E-state index contributed by atoms with van der Waals surface area (Å²) < 4.78 is 111. The Morgan fingerprint density at radius 1 is 0.618 bits per heavy atom. The van der Waals surface area contributed by atoms with Crippen molar-refractivity contribution in [1.29, 1.82) is 0 Å². The summed E-state index contributed by atoms with van der Waals surface area (Å²) in [5.74, 6) is 0. The van der Waals surface area contributed by atoms with E-state index < -0.39 is 32.7 Å². The van der Waals surface area contributed by atoms with E-state index in [1.807, 2.05) is 20.8 Å². The van der Waals surface area contributed by atoms with Crippen molar-refractivity contribution < 1.29 is 80.7 Å². The summed E-state index contributed by atoms with van der Waals surface area (Å²) in [6, 6.07) is 1.90. The standard InChI is InChI=1S/C8H4F9Ge.3C4H10O.Hf/c9-6(10,11)18(7(12,13)14,8(15,16)17)5-3-1-2-4-5;3*1-3-4(2)5;/h1-4H;3*4-5H,3H2,1-2H3;/q-1;;;;. The maximum atomic E-state index is 12.6. The van der Waals surface area contributed by atoms with Crippen molar-refractivity contribution in [2.24, 2.45) is 0 Å². The number of aliphatic hydroxyl groups excluding tert-OH is 3. The van der Waals surface area contributed by atoms with Crippen molar-refractivity contribution >= 4 is 17.7 Å². The van der Waals surface area contributed by atoms with Gasteiger partial charge in [0.05, 0.1) is 18.3 Å². The fourth-order valence-electron chi connectivity index (χ4n) is 1.60. The van der Waals surface area contributed by atoms with Crippen LogP contribution in [0.4, 0.5) is 39.5 Å². The molecule has 3 atom stereocenters. The van der Waals surface area contributed by atoms with Gasteiger partial charge in [-0.15, -0.1) is 0 Å². The molecule has 3 unspecified atom stereocenters.